The predicted octanol–water partition coefficient (Wildman–Crippen LogP) is 3.90. The summed E-state index contributed by atoms with van der Waals surface area (Å²) in [6, 6.07) is 10.00. The van der Waals surface area contributed by atoms with Gasteiger partial charge in [-0.1, -0.05) is 61.6 Å². The summed E-state index contributed by atoms with van der Waals surface area (Å²) in [5.74, 6) is 0.280. The highest BCUT2D eigenvalue weighted by atomic mass is 28.3. The second-order valence-electron chi connectivity index (χ2n) is 8.23. The van der Waals surface area contributed by atoms with Crippen LogP contribution in [0.1, 0.15) is 18.4 Å². The fraction of sp³-hybridized carbons (Fsp3) is 0.476. The van der Waals surface area contributed by atoms with Gasteiger partial charge >= 0.3 is 0 Å². The number of fused-ring (bicyclic) bond motifs is 1. The molecule has 2 aliphatic rings. The number of allylic oxidation sites excluding steroid dienone is 1. The molecule has 0 unspecified atom stereocenters. The number of rotatable bonds is 5. The molecule has 3 nitrogen and oxygen atoms in total. The number of Topliss-reactive ketones (excluding diaryl/α,β-unsaturated/α-hetero) is 1. The van der Waals surface area contributed by atoms with Crippen molar-refractivity contribution in [1.82, 2.24) is 0 Å². The molecule has 1 fully saturated rings. The highest BCUT2D eigenvalue weighted by Gasteiger charge is 2.48. The first kappa shape index (κ1) is 18.3. The smallest absolute Gasteiger partial charge is 0.155 e. The van der Waals surface area contributed by atoms with Gasteiger partial charge in [0.25, 0.3) is 0 Å². The van der Waals surface area contributed by atoms with Crippen LogP contribution in [0.25, 0.3) is 0 Å². The molecule has 0 spiro atoms. The average Bonchev–Trinajstić information content (AvgIpc) is 2.89. The normalized spacial score (nSPS) is 29.7. The van der Waals surface area contributed by atoms with Crippen molar-refractivity contribution in [3.8, 4) is 0 Å². The van der Waals surface area contributed by atoms with Gasteiger partial charge in [-0.3, -0.25) is 4.79 Å². The maximum atomic E-state index is 12.7. The van der Waals surface area contributed by atoms with Crippen molar-refractivity contribution in [1.29, 1.82) is 0 Å². The van der Waals surface area contributed by atoms with Gasteiger partial charge in [0.15, 0.2) is 5.78 Å². The van der Waals surface area contributed by atoms with Crippen LogP contribution >= 0.6 is 0 Å². The molecule has 0 amide bonds. The van der Waals surface area contributed by atoms with E-state index in [-0.39, 0.29) is 23.7 Å². The lowest BCUT2D eigenvalue weighted by atomic mass is 9.73. The van der Waals surface area contributed by atoms with Crippen LogP contribution in [-0.4, -0.2) is 31.2 Å². The Labute approximate surface area is 151 Å². The van der Waals surface area contributed by atoms with Gasteiger partial charge in [0.05, 0.1) is 26.9 Å². The Kier molecular flexibility index (Phi) is 5.14. The second-order valence-corrected chi connectivity index (χ2v) is 13.2. The van der Waals surface area contributed by atoms with E-state index in [1.165, 1.54) is 5.57 Å². The van der Waals surface area contributed by atoms with E-state index in [4.69, 9.17) is 4.74 Å². The van der Waals surface area contributed by atoms with Crippen molar-refractivity contribution in [2.75, 3.05) is 0 Å². The van der Waals surface area contributed by atoms with Gasteiger partial charge in [-0.25, -0.2) is 0 Å². The first-order valence-electron chi connectivity index (χ1n) is 9.05. The van der Waals surface area contributed by atoms with Crippen LogP contribution in [-0.2, 0) is 16.1 Å². The van der Waals surface area contributed by atoms with E-state index in [0.717, 1.165) is 10.8 Å². The number of hydrogen-bond donors (Lipinski definition) is 1. The van der Waals surface area contributed by atoms with Crippen LogP contribution in [0.2, 0.25) is 19.6 Å². The maximum absolute atomic E-state index is 12.7. The van der Waals surface area contributed by atoms with Crippen molar-refractivity contribution in [2.45, 2.75) is 51.3 Å². The second kappa shape index (κ2) is 7.02. The number of ether oxygens (including phenoxy) is 1. The molecule has 0 aromatic heterocycles. The van der Waals surface area contributed by atoms with Crippen molar-refractivity contribution in [3.05, 3.63) is 59.3 Å². The molecule has 2 aliphatic carbocycles. The summed E-state index contributed by atoms with van der Waals surface area (Å²) in [5, 5.41) is 11.9. The zero-order valence-corrected chi connectivity index (χ0v) is 16.4. The maximum Gasteiger partial charge on any atom is 0.155 e. The summed E-state index contributed by atoms with van der Waals surface area (Å²) in [6.07, 6.45) is 2.10. The van der Waals surface area contributed by atoms with Gasteiger partial charge < -0.3 is 9.84 Å². The molecule has 4 heteroatoms. The van der Waals surface area contributed by atoms with Gasteiger partial charge in [-0.2, -0.15) is 0 Å². The van der Waals surface area contributed by atoms with Crippen LogP contribution < -0.4 is 0 Å². The van der Waals surface area contributed by atoms with Gasteiger partial charge in [0.1, 0.15) is 0 Å². The molecule has 0 radical (unpaired) electrons. The van der Waals surface area contributed by atoms with Crippen molar-refractivity contribution >= 4 is 13.9 Å². The summed E-state index contributed by atoms with van der Waals surface area (Å²) in [5.41, 5.74) is 2.33. The molecule has 1 saturated carbocycles. The van der Waals surface area contributed by atoms with Crippen LogP contribution in [0.4, 0.5) is 0 Å². The number of benzene rings is 1. The molecule has 3 rings (SSSR count). The van der Waals surface area contributed by atoms with E-state index in [1.54, 1.807) is 0 Å². The van der Waals surface area contributed by atoms with Crippen molar-refractivity contribution in [2.24, 2.45) is 11.8 Å². The lowest BCUT2D eigenvalue weighted by Crippen LogP contribution is -2.43. The highest BCUT2D eigenvalue weighted by molar-refractivity contribution is 6.87. The van der Waals surface area contributed by atoms with Crippen molar-refractivity contribution in [3.63, 3.8) is 0 Å². The van der Waals surface area contributed by atoms with Gasteiger partial charge in [-0.15, -0.1) is 6.58 Å². The first-order chi connectivity index (χ1) is 11.8. The zero-order chi connectivity index (χ0) is 18.2. The largest absolute Gasteiger partial charge is 0.390 e. The first-order valence-corrected chi connectivity index (χ1v) is 12.6. The standard InChI is InChI=1S/C21H28O3Si/c1-5-15-16-11-18(22)21(25(2,3)4)17(16)12-19(20(15)23)24-13-14-9-7-6-8-10-14/h5-10,15-16,19-20,23H,1,11-13H2,2-4H3/t15-,16-,19+,20+/m1/s1. The Morgan fingerprint density at radius 3 is 2.52 bits per heavy atom. The fourth-order valence-corrected chi connectivity index (χ4v) is 6.56. The van der Waals surface area contributed by atoms with E-state index < -0.39 is 14.2 Å². The Morgan fingerprint density at radius 1 is 1.24 bits per heavy atom. The fourth-order valence-electron chi connectivity index (χ4n) is 4.37. The van der Waals surface area contributed by atoms with E-state index in [9.17, 15) is 9.90 Å². The van der Waals surface area contributed by atoms with Crippen LogP contribution in [0.15, 0.2) is 53.8 Å². The van der Waals surface area contributed by atoms with E-state index in [1.807, 2.05) is 36.4 Å². The minimum Gasteiger partial charge on any atom is -0.390 e. The molecule has 1 aromatic carbocycles. The Balaban J connectivity index is 1.87. The summed E-state index contributed by atoms with van der Waals surface area (Å²) < 4.78 is 6.09. The van der Waals surface area contributed by atoms with Crippen LogP contribution in [0.3, 0.4) is 0 Å². The minimum atomic E-state index is -1.72. The number of aliphatic hydroxyl groups excluding tert-OH is 1. The Morgan fingerprint density at radius 2 is 1.92 bits per heavy atom. The third-order valence-electron chi connectivity index (χ3n) is 5.44. The SMILES string of the molecule is C=C[C@H]1[C@H](O)[C@@H](OCc2ccccc2)CC2=C([Si](C)(C)C)C(=O)C[C@@H]21. The molecule has 25 heavy (non-hydrogen) atoms. The van der Waals surface area contributed by atoms with Gasteiger partial charge in [-0.05, 0) is 23.1 Å². The molecule has 0 heterocycles. The van der Waals surface area contributed by atoms with Crippen LogP contribution in [0.5, 0.6) is 0 Å². The molecular formula is C21H28O3Si. The Bertz CT molecular complexity index is 687. The molecule has 134 valence electrons. The number of carbonyl (C=O) groups is 1. The number of aliphatic hydroxyl groups is 1. The van der Waals surface area contributed by atoms with Gasteiger partial charge in [0, 0.05) is 12.3 Å². The average molecular weight is 357 g/mol. The Hall–Kier alpha value is -1.49. The third-order valence-corrected chi connectivity index (χ3v) is 7.54. The number of ketones is 1. The summed E-state index contributed by atoms with van der Waals surface area (Å²) in [7, 11) is -1.72. The molecule has 1 aromatic rings. The molecule has 0 bridgehead atoms. The quantitative estimate of drug-likeness (QED) is 0.643. The molecule has 4 atom stereocenters. The topological polar surface area (TPSA) is 46.5 Å². The number of hydrogen-bond acceptors (Lipinski definition) is 3. The van der Waals surface area contributed by atoms with E-state index in [0.29, 0.717) is 19.4 Å². The van der Waals surface area contributed by atoms with Gasteiger partial charge in [0.2, 0.25) is 0 Å². The lowest BCUT2D eigenvalue weighted by Gasteiger charge is -2.39. The third kappa shape index (κ3) is 3.57. The highest BCUT2D eigenvalue weighted by Crippen LogP contribution is 2.47. The van der Waals surface area contributed by atoms with E-state index >= 15 is 0 Å². The summed E-state index contributed by atoms with van der Waals surface area (Å²) in [6.45, 7) is 11.1. The molecule has 0 aliphatic heterocycles. The monoisotopic (exact) mass is 356 g/mol. The molecular weight excluding hydrogens is 328 g/mol. The lowest BCUT2D eigenvalue weighted by molar-refractivity contribution is -0.116. The minimum absolute atomic E-state index is 0.109. The summed E-state index contributed by atoms with van der Waals surface area (Å²) >= 11 is 0. The number of carbonyl (C=O) groups excluding carboxylic acids is 1. The molecule has 0 saturated heterocycles. The van der Waals surface area contributed by atoms with Crippen molar-refractivity contribution < 1.29 is 14.6 Å². The molecule has 1 N–H and O–H groups in total. The van der Waals surface area contributed by atoms with Crippen LogP contribution in [0, 0.1) is 11.8 Å². The summed E-state index contributed by atoms with van der Waals surface area (Å²) in [4.78, 5) is 12.7. The van der Waals surface area contributed by atoms with E-state index in [2.05, 4.69) is 26.2 Å². The predicted molar refractivity (Wildman–Crippen MR) is 103 cm³/mol. The zero-order valence-electron chi connectivity index (χ0n) is 15.4.